The quantitative estimate of drug-likeness (QED) is 0.794. The fourth-order valence-electron chi connectivity index (χ4n) is 1.99. The number of rotatable bonds is 0. The number of amides is 1. The van der Waals surface area contributed by atoms with E-state index in [0.29, 0.717) is 6.54 Å². The minimum absolute atomic E-state index is 0.0602. The number of benzene rings is 1. The van der Waals surface area contributed by atoms with Crippen LogP contribution in [-0.4, -0.2) is 19.5 Å². The Balaban J connectivity index is 2.53. The first-order chi connectivity index (χ1) is 7.42. The predicted octanol–water partition coefficient (Wildman–Crippen LogP) is 2.86. The van der Waals surface area contributed by atoms with E-state index >= 15 is 0 Å². The first kappa shape index (κ1) is 11.5. The van der Waals surface area contributed by atoms with Gasteiger partial charge < -0.3 is 10.2 Å². The zero-order valence-corrected chi connectivity index (χ0v) is 11.3. The van der Waals surface area contributed by atoms with Crippen LogP contribution in [0.3, 0.4) is 0 Å². The Morgan fingerprint density at radius 2 is 2.12 bits per heavy atom. The highest BCUT2D eigenvalue weighted by Gasteiger charge is 2.33. The Hall–Kier alpha value is -1.03. The lowest BCUT2D eigenvalue weighted by Gasteiger charge is -2.26. The van der Waals surface area contributed by atoms with Crippen molar-refractivity contribution < 1.29 is 4.79 Å². The molecule has 0 fully saturated rings. The van der Waals surface area contributed by atoms with Gasteiger partial charge in [0.1, 0.15) is 0 Å². The molecule has 0 unspecified atom stereocenters. The molecule has 1 aromatic rings. The average molecular weight is 283 g/mol. The monoisotopic (exact) mass is 282 g/mol. The molecule has 1 aromatic carbocycles. The van der Waals surface area contributed by atoms with Gasteiger partial charge in [-0.3, -0.25) is 4.79 Å². The minimum Gasteiger partial charge on any atom is -0.372 e. The first-order valence-corrected chi connectivity index (χ1v) is 6.02. The van der Waals surface area contributed by atoms with E-state index in [9.17, 15) is 4.79 Å². The number of nitrogens with zero attached hydrogens (tertiary/aromatic N) is 1. The van der Waals surface area contributed by atoms with E-state index in [4.69, 9.17) is 0 Å². The van der Waals surface area contributed by atoms with Crippen molar-refractivity contribution in [3.8, 4) is 0 Å². The third-order valence-corrected chi connectivity index (χ3v) is 3.55. The summed E-state index contributed by atoms with van der Waals surface area (Å²) in [6.45, 7) is 4.62. The van der Waals surface area contributed by atoms with Crippen molar-refractivity contribution in [1.82, 2.24) is 0 Å². The Labute approximate surface area is 104 Å². The standard InChI is InChI=1S/C12H15BrN2O/c1-12(2)7-15(3)9-6-4-5-8(13)10(9)14-11(12)16/h4-6H,7H2,1-3H3,(H,14,16). The summed E-state index contributed by atoms with van der Waals surface area (Å²) in [5.74, 6) is 0.0602. The molecule has 16 heavy (non-hydrogen) atoms. The number of anilines is 2. The largest absolute Gasteiger partial charge is 0.372 e. The highest BCUT2D eigenvalue weighted by atomic mass is 79.9. The number of halogens is 1. The second kappa shape index (κ2) is 3.77. The maximum atomic E-state index is 12.0. The van der Waals surface area contributed by atoms with Crippen LogP contribution >= 0.6 is 15.9 Å². The molecule has 0 bridgehead atoms. The second-order valence-corrected chi connectivity index (χ2v) is 5.68. The molecule has 1 amide bonds. The number of nitrogens with one attached hydrogen (secondary N) is 1. The molecule has 1 heterocycles. The molecule has 0 radical (unpaired) electrons. The van der Waals surface area contributed by atoms with E-state index < -0.39 is 0 Å². The van der Waals surface area contributed by atoms with E-state index in [1.54, 1.807) is 0 Å². The Morgan fingerprint density at radius 1 is 1.44 bits per heavy atom. The van der Waals surface area contributed by atoms with Gasteiger partial charge in [0.15, 0.2) is 0 Å². The first-order valence-electron chi connectivity index (χ1n) is 5.23. The van der Waals surface area contributed by atoms with Crippen LogP contribution in [0.1, 0.15) is 13.8 Å². The molecule has 2 rings (SSSR count). The molecule has 4 heteroatoms. The lowest BCUT2D eigenvalue weighted by Crippen LogP contribution is -2.37. The van der Waals surface area contributed by atoms with Crippen molar-refractivity contribution in [1.29, 1.82) is 0 Å². The van der Waals surface area contributed by atoms with Crippen LogP contribution < -0.4 is 10.2 Å². The number of hydrogen-bond donors (Lipinski definition) is 1. The second-order valence-electron chi connectivity index (χ2n) is 4.83. The fraction of sp³-hybridized carbons (Fsp3) is 0.417. The minimum atomic E-state index is -0.382. The molecule has 0 aliphatic carbocycles. The molecule has 0 saturated carbocycles. The normalized spacial score (nSPS) is 18.8. The average Bonchev–Trinajstić information content (AvgIpc) is 2.26. The molecule has 0 saturated heterocycles. The summed E-state index contributed by atoms with van der Waals surface area (Å²) in [6.07, 6.45) is 0. The molecule has 86 valence electrons. The van der Waals surface area contributed by atoms with Gasteiger partial charge in [0.2, 0.25) is 5.91 Å². The molecule has 0 spiro atoms. The van der Waals surface area contributed by atoms with Gasteiger partial charge in [0.05, 0.1) is 16.8 Å². The predicted molar refractivity (Wildman–Crippen MR) is 69.8 cm³/mol. The molecular formula is C12H15BrN2O. The maximum absolute atomic E-state index is 12.0. The zero-order valence-electron chi connectivity index (χ0n) is 9.67. The van der Waals surface area contributed by atoms with Crippen molar-refractivity contribution in [3.05, 3.63) is 22.7 Å². The van der Waals surface area contributed by atoms with E-state index in [1.807, 2.05) is 39.1 Å². The van der Waals surface area contributed by atoms with Crippen molar-refractivity contribution >= 4 is 33.2 Å². The van der Waals surface area contributed by atoms with Crippen molar-refractivity contribution in [2.24, 2.45) is 5.41 Å². The van der Waals surface area contributed by atoms with E-state index in [-0.39, 0.29) is 11.3 Å². The molecule has 1 N–H and O–H groups in total. The summed E-state index contributed by atoms with van der Waals surface area (Å²) < 4.78 is 0.919. The number of hydrogen-bond acceptors (Lipinski definition) is 2. The van der Waals surface area contributed by atoms with Gasteiger partial charge in [0.25, 0.3) is 0 Å². The van der Waals surface area contributed by atoms with Crippen molar-refractivity contribution in [2.45, 2.75) is 13.8 Å². The lowest BCUT2D eigenvalue weighted by atomic mass is 9.92. The molecule has 0 aromatic heterocycles. The summed E-state index contributed by atoms with van der Waals surface area (Å²) in [4.78, 5) is 14.1. The number of carbonyl (C=O) groups excluding carboxylic acids is 1. The van der Waals surface area contributed by atoms with Gasteiger partial charge in [-0.05, 0) is 41.9 Å². The molecular weight excluding hydrogens is 268 g/mol. The van der Waals surface area contributed by atoms with Crippen LogP contribution in [0.2, 0.25) is 0 Å². The molecule has 0 atom stereocenters. The summed E-state index contributed by atoms with van der Waals surface area (Å²) in [6, 6.07) is 5.93. The van der Waals surface area contributed by atoms with Gasteiger partial charge in [-0.1, -0.05) is 6.07 Å². The van der Waals surface area contributed by atoms with E-state index in [2.05, 4.69) is 26.1 Å². The Morgan fingerprint density at radius 3 is 2.81 bits per heavy atom. The number of carbonyl (C=O) groups is 1. The van der Waals surface area contributed by atoms with Crippen LogP contribution in [0, 0.1) is 5.41 Å². The van der Waals surface area contributed by atoms with Crippen molar-refractivity contribution in [2.75, 3.05) is 23.8 Å². The smallest absolute Gasteiger partial charge is 0.231 e. The lowest BCUT2D eigenvalue weighted by molar-refractivity contribution is -0.123. The van der Waals surface area contributed by atoms with Gasteiger partial charge >= 0.3 is 0 Å². The topological polar surface area (TPSA) is 32.3 Å². The fourth-order valence-corrected chi connectivity index (χ4v) is 2.44. The zero-order chi connectivity index (χ0) is 11.9. The highest BCUT2D eigenvalue weighted by molar-refractivity contribution is 9.10. The van der Waals surface area contributed by atoms with E-state index in [0.717, 1.165) is 15.8 Å². The maximum Gasteiger partial charge on any atom is 0.231 e. The highest BCUT2D eigenvalue weighted by Crippen LogP contribution is 2.37. The van der Waals surface area contributed by atoms with Crippen molar-refractivity contribution in [3.63, 3.8) is 0 Å². The SMILES string of the molecule is CN1CC(C)(C)C(=O)Nc2c(Br)cccc21. The molecule has 1 aliphatic heterocycles. The Kier molecular flexibility index (Phi) is 2.70. The van der Waals surface area contributed by atoms with Crippen LogP contribution in [0.25, 0.3) is 0 Å². The summed E-state index contributed by atoms with van der Waals surface area (Å²) in [7, 11) is 2.01. The third kappa shape index (κ3) is 1.82. The summed E-state index contributed by atoms with van der Waals surface area (Å²) >= 11 is 3.47. The van der Waals surface area contributed by atoms with Gasteiger partial charge in [-0.15, -0.1) is 0 Å². The van der Waals surface area contributed by atoms with Crippen LogP contribution in [-0.2, 0) is 4.79 Å². The van der Waals surface area contributed by atoms with Gasteiger partial charge in [0, 0.05) is 18.1 Å². The molecule has 1 aliphatic rings. The van der Waals surface area contributed by atoms with Gasteiger partial charge in [-0.25, -0.2) is 0 Å². The number of fused-ring (bicyclic) bond motifs is 1. The Bertz CT molecular complexity index is 443. The van der Waals surface area contributed by atoms with Crippen LogP contribution in [0.4, 0.5) is 11.4 Å². The van der Waals surface area contributed by atoms with Crippen LogP contribution in [0.5, 0.6) is 0 Å². The summed E-state index contributed by atoms with van der Waals surface area (Å²) in [5.41, 5.74) is 1.53. The summed E-state index contributed by atoms with van der Waals surface area (Å²) in [5, 5.41) is 2.98. The number of para-hydroxylation sites is 1. The molecule has 3 nitrogen and oxygen atoms in total. The van der Waals surface area contributed by atoms with Crippen LogP contribution in [0.15, 0.2) is 22.7 Å². The van der Waals surface area contributed by atoms with Gasteiger partial charge in [-0.2, -0.15) is 0 Å². The third-order valence-electron chi connectivity index (χ3n) is 2.89. The van der Waals surface area contributed by atoms with E-state index in [1.165, 1.54) is 0 Å².